The molecule has 2 aliphatic heterocycles. The molecule has 0 spiro atoms. The van der Waals surface area contributed by atoms with Crippen LogP contribution in [0, 0.1) is 22.7 Å². The van der Waals surface area contributed by atoms with Crippen molar-refractivity contribution in [3.8, 4) is 12.1 Å². The molecule has 1 aromatic heterocycles. The van der Waals surface area contributed by atoms with Gasteiger partial charge in [-0.25, -0.2) is 4.98 Å². The van der Waals surface area contributed by atoms with Gasteiger partial charge in [0.25, 0.3) is 0 Å². The second kappa shape index (κ2) is 8.26. The lowest BCUT2D eigenvalue weighted by atomic mass is 10.0. The van der Waals surface area contributed by atoms with Crippen LogP contribution in [0.3, 0.4) is 0 Å². The standard InChI is InChI=1S/C25H26N6O/c26-13-18-2-1-3-20(12-18)25(9-10-25)29-11-8-24(32)30-16-21-5-6-22(17-30)31(21)23-7-4-19(14-27)15-28-23/h1-4,7,12,15,21-22,29H,5-6,8-11,16-17H2. The zero-order valence-electron chi connectivity index (χ0n) is 18.0. The molecule has 7 heteroatoms. The fraction of sp³-hybridized carbons (Fsp3) is 0.440. The fourth-order valence-corrected chi connectivity index (χ4v) is 5.23. The number of fused-ring (bicyclic) bond motifs is 2. The predicted octanol–water partition coefficient (Wildman–Crippen LogP) is 2.67. The molecule has 2 atom stereocenters. The summed E-state index contributed by atoms with van der Waals surface area (Å²) in [5.41, 5.74) is 2.31. The molecule has 3 aliphatic rings. The number of carbonyl (C=O) groups is 1. The van der Waals surface area contributed by atoms with Crippen LogP contribution in [-0.4, -0.2) is 47.5 Å². The Morgan fingerprint density at radius 2 is 1.84 bits per heavy atom. The Labute approximate surface area is 188 Å². The number of amides is 1. The first kappa shape index (κ1) is 20.5. The van der Waals surface area contributed by atoms with Crippen LogP contribution < -0.4 is 10.2 Å². The van der Waals surface area contributed by atoms with Gasteiger partial charge in [-0.15, -0.1) is 0 Å². The van der Waals surface area contributed by atoms with E-state index in [1.165, 1.54) is 0 Å². The molecular formula is C25H26N6O. The van der Waals surface area contributed by atoms with Crippen LogP contribution >= 0.6 is 0 Å². The van der Waals surface area contributed by atoms with E-state index < -0.39 is 0 Å². The van der Waals surface area contributed by atoms with E-state index in [0.717, 1.165) is 50.2 Å². The molecule has 1 aromatic carbocycles. The van der Waals surface area contributed by atoms with E-state index in [-0.39, 0.29) is 23.5 Å². The Kier molecular flexibility index (Phi) is 5.28. The van der Waals surface area contributed by atoms with Crippen LogP contribution in [0.5, 0.6) is 0 Å². The lowest BCUT2D eigenvalue weighted by Crippen LogP contribution is -2.56. The van der Waals surface area contributed by atoms with Gasteiger partial charge < -0.3 is 15.1 Å². The number of piperazine rings is 1. The Balaban J connectivity index is 1.16. The third kappa shape index (κ3) is 3.81. The molecule has 1 saturated carbocycles. The second-order valence-corrected chi connectivity index (χ2v) is 9.06. The number of likely N-dealkylation sites (tertiary alicyclic amines) is 1. The van der Waals surface area contributed by atoms with Crippen LogP contribution in [0.2, 0.25) is 0 Å². The summed E-state index contributed by atoms with van der Waals surface area (Å²) in [4.78, 5) is 21.8. The van der Waals surface area contributed by atoms with Gasteiger partial charge >= 0.3 is 0 Å². The number of anilines is 1. The number of pyridine rings is 1. The molecule has 5 rings (SSSR count). The third-order valence-electron chi connectivity index (χ3n) is 7.07. The number of nitrogens with one attached hydrogen (secondary N) is 1. The van der Waals surface area contributed by atoms with Crippen LogP contribution in [0.15, 0.2) is 42.6 Å². The topological polar surface area (TPSA) is 96.0 Å². The Morgan fingerprint density at radius 1 is 1.09 bits per heavy atom. The van der Waals surface area contributed by atoms with Crippen LogP contribution in [0.1, 0.15) is 48.8 Å². The van der Waals surface area contributed by atoms with E-state index in [1.807, 2.05) is 35.2 Å². The maximum atomic E-state index is 13.0. The summed E-state index contributed by atoms with van der Waals surface area (Å²) in [6.45, 7) is 2.10. The number of hydrogen-bond donors (Lipinski definition) is 1. The molecule has 0 radical (unpaired) electrons. The molecular weight excluding hydrogens is 400 g/mol. The van der Waals surface area contributed by atoms with E-state index in [9.17, 15) is 4.79 Å². The minimum atomic E-state index is -0.0773. The van der Waals surface area contributed by atoms with Crippen molar-refractivity contribution < 1.29 is 4.79 Å². The smallest absolute Gasteiger partial charge is 0.223 e. The molecule has 162 valence electrons. The zero-order chi connectivity index (χ0) is 22.1. The first-order valence-electron chi connectivity index (χ1n) is 11.3. The molecule has 32 heavy (non-hydrogen) atoms. The van der Waals surface area contributed by atoms with Gasteiger partial charge in [0.2, 0.25) is 5.91 Å². The van der Waals surface area contributed by atoms with Crippen molar-refractivity contribution >= 4 is 11.7 Å². The van der Waals surface area contributed by atoms with Crippen molar-refractivity contribution in [1.82, 2.24) is 15.2 Å². The van der Waals surface area contributed by atoms with E-state index in [4.69, 9.17) is 10.5 Å². The highest BCUT2D eigenvalue weighted by Gasteiger charge is 2.44. The monoisotopic (exact) mass is 426 g/mol. The highest BCUT2D eigenvalue weighted by atomic mass is 16.2. The summed E-state index contributed by atoms with van der Waals surface area (Å²) in [5, 5.41) is 21.7. The SMILES string of the molecule is N#Cc1ccc(N2C3CCC2CN(C(=O)CCNC2(c4cccc(C#N)c4)CC2)C3)nc1. The van der Waals surface area contributed by atoms with Crippen molar-refractivity contribution in [2.45, 2.75) is 49.7 Å². The maximum absolute atomic E-state index is 13.0. The van der Waals surface area contributed by atoms with E-state index >= 15 is 0 Å². The summed E-state index contributed by atoms with van der Waals surface area (Å²) >= 11 is 0. The summed E-state index contributed by atoms with van der Waals surface area (Å²) in [6, 6.07) is 16.4. The molecule has 3 fully saturated rings. The minimum Gasteiger partial charge on any atom is -0.347 e. The van der Waals surface area contributed by atoms with Crippen molar-refractivity contribution in [2.24, 2.45) is 0 Å². The van der Waals surface area contributed by atoms with Crippen molar-refractivity contribution in [3.63, 3.8) is 0 Å². The highest BCUT2D eigenvalue weighted by Crippen LogP contribution is 2.45. The van der Waals surface area contributed by atoms with Gasteiger partial charge in [-0.1, -0.05) is 12.1 Å². The summed E-state index contributed by atoms with van der Waals surface area (Å²) in [6.07, 6.45) is 6.30. The van der Waals surface area contributed by atoms with E-state index in [0.29, 0.717) is 24.1 Å². The number of nitrogens with zero attached hydrogens (tertiary/aromatic N) is 5. The van der Waals surface area contributed by atoms with Gasteiger partial charge in [-0.05, 0) is 55.5 Å². The van der Waals surface area contributed by atoms with E-state index in [1.54, 1.807) is 6.20 Å². The number of rotatable bonds is 6. The molecule has 1 N–H and O–H groups in total. The Hall–Kier alpha value is -3.42. The Bertz CT molecular complexity index is 1080. The van der Waals surface area contributed by atoms with Gasteiger partial charge in [-0.3, -0.25) is 4.79 Å². The lowest BCUT2D eigenvalue weighted by molar-refractivity contribution is -0.132. The molecule has 2 aromatic rings. The van der Waals surface area contributed by atoms with Crippen molar-refractivity contribution in [2.75, 3.05) is 24.5 Å². The quantitative estimate of drug-likeness (QED) is 0.763. The second-order valence-electron chi connectivity index (χ2n) is 9.06. The predicted molar refractivity (Wildman–Crippen MR) is 120 cm³/mol. The number of benzene rings is 1. The van der Waals surface area contributed by atoms with Crippen molar-refractivity contribution in [1.29, 1.82) is 10.5 Å². The first-order chi connectivity index (χ1) is 15.6. The molecule has 3 heterocycles. The Morgan fingerprint density at radius 3 is 2.47 bits per heavy atom. The average Bonchev–Trinajstić information content (AvgIpc) is 3.58. The summed E-state index contributed by atoms with van der Waals surface area (Å²) < 4.78 is 0. The molecule has 2 unspecified atom stereocenters. The van der Waals surface area contributed by atoms with Gasteiger partial charge in [0.05, 0.1) is 17.2 Å². The van der Waals surface area contributed by atoms with E-state index in [2.05, 4.69) is 33.4 Å². The largest absolute Gasteiger partial charge is 0.347 e. The number of hydrogen-bond acceptors (Lipinski definition) is 6. The fourth-order valence-electron chi connectivity index (χ4n) is 5.23. The molecule has 2 saturated heterocycles. The van der Waals surface area contributed by atoms with Crippen molar-refractivity contribution in [3.05, 3.63) is 59.3 Å². The normalized spacial score (nSPS) is 22.8. The molecule has 7 nitrogen and oxygen atoms in total. The molecule has 1 amide bonds. The van der Waals surface area contributed by atoms with Gasteiger partial charge in [0, 0.05) is 49.9 Å². The highest BCUT2D eigenvalue weighted by molar-refractivity contribution is 5.77. The minimum absolute atomic E-state index is 0.0773. The van der Waals surface area contributed by atoms with Gasteiger partial charge in [0.1, 0.15) is 11.9 Å². The summed E-state index contributed by atoms with van der Waals surface area (Å²) in [7, 11) is 0. The van der Waals surface area contributed by atoms with Crippen LogP contribution in [0.4, 0.5) is 5.82 Å². The van der Waals surface area contributed by atoms with Gasteiger partial charge in [0.15, 0.2) is 0 Å². The average molecular weight is 427 g/mol. The maximum Gasteiger partial charge on any atom is 0.223 e. The molecule has 2 bridgehead atoms. The lowest BCUT2D eigenvalue weighted by Gasteiger charge is -2.42. The van der Waals surface area contributed by atoms with Crippen LogP contribution in [0.25, 0.3) is 0 Å². The van der Waals surface area contributed by atoms with Crippen LogP contribution in [-0.2, 0) is 10.3 Å². The number of aromatic nitrogens is 1. The third-order valence-corrected chi connectivity index (χ3v) is 7.07. The van der Waals surface area contributed by atoms with Gasteiger partial charge in [-0.2, -0.15) is 10.5 Å². The number of nitriles is 2. The first-order valence-corrected chi connectivity index (χ1v) is 11.3. The summed E-state index contributed by atoms with van der Waals surface area (Å²) in [5.74, 6) is 1.10. The number of carbonyl (C=O) groups excluding carboxylic acids is 1. The molecule has 1 aliphatic carbocycles. The zero-order valence-corrected chi connectivity index (χ0v) is 18.0.